The van der Waals surface area contributed by atoms with Crippen LogP contribution in [0.15, 0.2) is 54.6 Å². The van der Waals surface area contributed by atoms with Gasteiger partial charge in [-0.1, -0.05) is 42.5 Å². The first-order chi connectivity index (χ1) is 13.8. The summed E-state index contributed by atoms with van der Waals surface area (Å²) in [6, 6.07) is 19.0. The first-order valence-corrected chi connectivity index (χ1v) is 10.4. The summed E-state index contributed by atoms with van der Waals surface area (Å²) in [5.41, 5.74) is 3.57. The van der Waals surface area contributed by atoms with E-state index >= 15 is 0 Å². The number of anilines is 1. The van der Waals surface area contributed by atoms with E-state index in [1.54, 1.807) is 0 Å². The Bertz CT molecular complexity index is 865. The molecule has 4 rings (SSSR count). The third-order valence-corrected chi connectivity index (χ3v) is 5.57. The molecule has 1 fully saturated rings. The second-order valence-corrected chi connectivity index (χ2v) is 7.47. The minimum absolute atomic E-state index is 0.473. The smallest absolute Gasteiger partial charge is 0.183 e. The van der Waals surface area contributed by atoms with Crippen molar-refractivity contribution in [1.29, 1.82) is 0 Å². The largest absolute Gasteiger partial charge is 0.385 e. The predicted octanol–water partition coefficient (Wildman–Crippen LogP) is 4.33. The van der Waals surface area contributed by atoms with Gasteiger partial charge in [-0.3, -0.25) is 5.10 Å². The molecule has 0 aliphatic carbocycles. The molecule has 2 N–H and O–H groups in total. The third-order valence-electron chi connectivity index (χ3n) is 5.57. The van der Waals surface area contributed by atoms with Crippen LogP contribution >= 0.6 is 0 Å². The van der Waals surface area contributed by atoms with Gasteiger partial charge in [0, 0.05) is 30.3 Å². The van der Waals surface area contributed by atoms with Crippen molar-refractivity contribution in [3.05, 3.63) is 66.0 Å². The van der Waals surface area contributed by atoms with Gasteiger partial charge < -0.3 is 10.2 Å². The zero-order chi connectivity index (χ0) is 19.2. The molecule has 0 bridgehead atoms. The molecule has 2 aromatic carbocycles. The van der Waals surface area contributed by atoms with Crippen LogP contribution in [-0.2, 0) is 6.42 Å². The van der Waals surface area contributed by atoms with Gasteiger partial charge in [0.2, 0.25) is 0 Å². The number of hydrogen-bond acceptors (Lipinski definition) is 4. The maximum Gasteiger partial charge on any atom is 0.183 e. The van der Waals surface area contributed by atoms with Crippen LogP contribution < -0.4 is 5.32 Å². The van der Waals surface area contributed by atoms with E-state index in [1.807, 2.05) is 12.1 Å². The van der Waals surface area contributed by atoms with Gasteiger partial charge in [-0.15, -0.1) is 0 Å². The summed E-state index contributed by atoms with van der Waals surface area (Å²) in [6.45, 7) is 6.37. The highest BCUT2D eigenvalue weighted by Crippen LogP contribution is 2.29. The molecule has 28 heavy (non-hydrogen) atoms. The highest BCUT2D eigenvalue weighted by molar-refractivity contribution is 5.73. The lowest BCUT2D eigenvalue weighted by atomic mass is 9.96. The maximum atomic E-state index is 4.84. The molecular formula is C23H29N5. The van der Waals surface area contributed by atoms with Gasteiger partial charge in [-0.25, -0.2) is 4.98 Å². The molecule has 1 aliphatic heterocycles. The van der Waals surface area contributed by atoms with Crippen molar-refractivity contribution < 1.29 is 0 Å². The molecular weight excluding hydrogens is 346 g/mol. The summed E-state index contributed by atoms with van der Waals surface area (Å²) >= 11 is 0. The van der Waals surface area contributed by atoms with Crippen LogP contribution in [0.3, 0.4) is 0 Å². The SMILES string of the molecule is CCNc1ccccc1-c1n[nH]c(C2CCN(CCc3ccccc3)CC2)n1. The van der Waals surface area contributed by atoms with Crippen molar-refractivity contribution >= 4 is 5.69 Å². The standard InChI is InChI=1S/C23H29N5/c1-2-24-21-11-7-6-10-20(21)23-25-22(26-27-23)19-13-16-28(17-14-19)15-12-18-8-4-3-5-9-18/h3-11,19,24H,2,12-17H2,1H3,(H,25,26,27). The Kier molecular flexibility index (Phi) is 6.02. The van der Waals surface area contributed by atoms with Crippen molar-refractivity contribution in [2.75, 3.05) is 31.5 Å². The number of hydrogen-bond donors (Lipinski definition) is 2. The average molecular weight is 376 g/mol. The highest BCUT2D eigenvalue weighted by atomic mass is 15.2. The Morgan fingerprint density at radius 1 is 1.04 bits per heavy atom. The number of benzene rings is 2. The van der Waals surface area contributed by atoms with Crippen LogP contribution in [-0.4, -0.2) is 46.3 Å². The fourth-order valence-corrected chi connectivity index (χ4v) is 3.96. The van der Waals surface area contributed by atoms with Crippen LogP contribution in [0.1, 0.15) is 37.1 Å². The van der Waals surface area contributed by atoms with Crippen molar-refractivity contribution in [2.45, 2.75) is 32.1 Å². The summed E-state index contributed by atoms with van der Waals surface area (Å²) in [5, 5.41) is 11.1. The third kappa shape index (κ3) is 4.42. The van der Waals surface area contributed by atoms with Crippen molar-refractivity contribution in [1.82, 2.24) is 20.1 Å². The topological polar surface area (TPSA) is 56.8 Å². The van der Waals surface area contributed by atoms with Gasteiger partial charge in [0.25, 0.3) is 0 Å². The lowest BCUT2D eigenvalue weighted by Crippen LogP contribution is -2.34. The quantitative estimate of drug-likeness (QED) is 0.645. The average Bonchev–Trinajstić information content (AvgIpc) is 3.24. The number of H-pyrrole nitrogens is 1. The molecule has 5 nitrogen and oxygen atoms in total. The van der Waals surface area contributed by atoms with Gasteiger partial charge in [0.1, 0.15) is 5.82 Å². The zero-order valence-electron chi connectivity index (χ0n) is 16.6. The van der Waals surface area contributed by atoms with E-state index in [1.165, 1.54) is 5.56 Å². The summed E-state index contributed by atoms with van der Waals surface area (Å²) in [6.07, 6.45) is 3.40. The Balaban J connectivity index is 1.34. The number of rotatable bonds is 7. The number of piperidine rings is 1. The summed E-state index contributed by atoms with van der Waals surface area (Å²) < 4.78 is 0. The van der Waals surface area contributed by atoms with Crippen LogP contribution in [0.4, 0.5) is 5.69 Å². The molecule has 5 heteroatoms. The van der Waals surface area contributed by atoms with E-state index in [4.69, 9.17) is 4.98 Å². The first kappa shape index (κ1) is 18.7. The normalized spacial score (nSPS) is 15.6. The van der Waals surface area contributed by atoms with Gasteiger partial charge >= 0.3 is 0 Å². The lowest BCUT2D eigenvalue weighted by Gasteiger charge is -2.30. The highest BCUT2D eigenvalue weighted by Gasteiger charge is 2.23. The first-order valence-electron chi connectivity index (χ1n) is 10.4. The second-order valence-electron chi connectivity index (χ2n) is 7.47. The van der Waals surface area contributed by atoms with Gasteiger partial charge in [-0.05, 0) is 57.0 Å². The van der Waals surface area contributed by atoms with Gasteiger partial charge in [0.05, 0.1) is 0 Å². The Hall–Kier alpha value is -2.66. The van der Waals surface area contributed by atoms with Crippen LogP contribution in [0.25, 0.3) is 11.4 Å². The summed E-state index contributed by atoms with van der Waals surface area (Å²) in [5.74, 6) is 2.29. The van der Waals surface area contributed by atoms with E-state index in [0.29, 0.717) is 5.92 Å². The minimum atomic E-state index is 0.473. The molecule has 0 radical (unpaired) electrons. The zero-order valence-corrected chi connectivity index (χ0v) is 16.6. The molecule has 2 heterocycles. The molecule has 0 amide bonds. The van der Waals surface area contributed by atoms with Crippen molar-refractivity contribution in [3.63, 3.8) is 0 Å². The number of para-hydroxylation sites is 1. The van der Waals surface area contributed by atoms with Crippen LogP contribution in [0.5, 0.6) is 0 Å². The molecule has 0 atom stereocenters. The molecule has 1 aliphatic rings. The molecule has 1 aromatic heterocycles. The van der Waals surface area contributed by atoms with E-state index in [-0.39, 0.29) is 0 Å². The monoisotopic (exact) mass is 375 g/mol. The van der Waals surface area contributed by atoms with Crippen molar-refractivity contribution in [3.8, 4) is 11.4 Å². The van der Waals surface area contributed by atoms with E-state index < -0.39 is 0 Å². The van der Waals surface area contributed by atoms with Crippen molar-refractivity contribution in [2.24, 2.45) is 0 Å². The number of aromatic amines is 1. The summed E-state index contributed by atoms with van der Waals surface area (Å²) in [7, 11) is 0. The van der Waals surface area contributed by atoms with E-state index in [2.05, 4.69) is 69.8 Å². The fourth-order valence-electron chi connectivity index (χ4n) is 3.96. The second kappa shape index (κ2) is 9.02. The number of aromatic nitrogens is 3. The van der Waals surface area contributed by atoms with Gasteiger partial charge in [-0.2, -0.15) is 5.10 Å². The maximum absolute atomic E-state index is 4.84. The lowest BCUT2D eigenvalue weighted by molar-refractivity contribution is 0.211. The van der Waals surface area contributed by atoms with Gasteiger partial charge in [0.15, 0.2) is 5.82 Å². The number of nitrogens with one attached hydrogen (secondary N) is 2. The predicted molar refractivity (Wildman–Crippen MR) is 115 cm³/mol. The molecule has 0 spiro atoms. The minimum Gasteiger partial charge on any atom is -0.385 e. The molecule has 1 saturated heterocycles. The Morgan fingerprint density at radius 2 is 1.79 bits per heavy atom. The fraction of sp³-hybridized carbons (Fsp3) is 0.391. The molecule has 3 aromatic rings. The molecule has 0 saturated carbocycles. The number of nitrogens with zero attached hydrogens (tertiary/aromatic N) is 3. The molecule has 0 unspecified atom stereocenters. The Morgan fingerprint density at radius 3 is 2.57 bits per heavy atom. The Labute approximate surface area is 167 Å². The summed E-state index contributed by atoms with van der Waals surface area (Å²) in [4.78, 5) is 7.41. The molecule has 146 valence electrons. The van der Waals surface area contributed by atoms with Crippen LogP contribution in [0.2, 0.25) is 0 Å². The number of likely N-dealkylation sites (tertiary alicyclic amines) is 1. The van der Waals surface area contributed by atoms with Crippen LogP contribution in [0, 0.1) is 0 Å². The van der Waals surface area contributed by atoms with E-state index in [9.17, 15) is 0 Å². The van der Waals surface area contributed by atoms with E-state index in [0.717, 1.165) is 68.3 Å².